The van der Waals surface area contributed by atoms with E-state index in [1.165, 1.54) is 12.3 Å². The predicted octanol–water partition coefficient (Wildman–Crippen LogP) is 1.10. The molecule has 8 heteroatoms. The van der Waals surface area contributed by atoms with Gasteiger partial charge in [0.2, 0.25) is 5.91 Å². The second kappa shape index (κ2) is 7.86. The number of nitrogens with zero attached hydrogens (tertiary/aromatic N) is 1. The highest BCUT2D eigenvalue weighted by molar-refractivity contribution is 7.99. The summed E-state index contributed by atoms with van der Waals surface area (Å²) in [6, 6.07) is 8.64. The first kappa shape index (κ1) is 16.4. The van der Waals surface area contributed by atoms with E-state index < -0.39 is 11.2 Å². The van der Waals surface area contributed by atoms with Crippen LogP contribution in [0.15, 0.2) is 51.0 Å². The second-order valence-corrected chi connectivity index (χ2v) is 6.00. The average Bonchev–Trinajstić information content (AvgIpc) is 2.48. The summed E-state index contributed by atoms with van der Waals surface area (Å²) in [5, 5.41) is 3.40. The van der Waals surface area contributed by atoms with Crippen molar-refractivity contribution >= 4 is 29.3 Å². The van der Waals surface area contributed by atoms with Crippen molar-refractivity contribution in [2.24, 2.45) is 0 Å². The van der Waals surface area contributed by atoms with Gasteiger partial charge in [-0.05, 0) is 24.3 Å². The third kappa shape index (κ3) is 5.09. The maximum Gasteiger partial charge on any atom is 0.328 e. The van der Waals surface area contributed by atoms with Crippen molar-refractivity contribution in [3.05, 3.63) is 62.4 Å². The lowest BCUT2D eigenvalue weighted by molar-refractivity contribution is -0.121. The molecule has 2 rings (SSSR count). The minimum Gasteiger partial charge on any atom is -0.354 e. The van der Waals surface area contributed by atoms with E-state index in [1.807, 2.05) is 24.3 Å². The number of nitrogens with one attached hydrogen (secondary N) is 2. The molecule has 0 spiro atoms. The molecule has 1 aromatic heterocycles. The number of carbonyl (C=O) groups is 1. The Balaban J connectivity index is 1.75. The van der Waals surface area contributed by atoms with Gasteiger partial charge >= 0.3 is 5.69 Å². The SMILES string of the molecule is O=C(Cn1ccc(=O)[nH]c1=O)NCCSc1ccc(Cl)cc1. The molecule has 0 aliphatic carbocycles. The molecule has 0 saturated heterocycles. The highest BCUT2D eigenvalue weighted by atomic mass is 35.5. The number of hydrogen-bond donors (Lipinski definition) is 2. The number of amides is 1. The van der Waals surface area contributed by atoms with E-state index in [-0.39, 0.29) is 12.5 Å². The zero-order valence-electron chi connectivity index (χ0n) is 11.5. The topological polar surface area (TPSA) is 84.0 Å². The quantitative estimate of drug-likeness (QED) is 0.609. The molecule has 0 bridgehead atoms. The maximum absolute atomic E-state index is 11.7. The highest BCUT2D eigenvalue weighted by Crippen LogP contribution is 2.19. The number of aromatic nitrogens is 2. The lowest BCUT2D eigenvalue weighted by Gasteiger charge is -2.06. The molecule has 2 N–H and O–H groups in total. The van der Waals surface area contributed by atoms with Gasteiger partial charge in [-0.25, -0.2) is 4.79 Å². The summed E-state index contributed by atoms with van der Waals surface area (Å²) >= 11 is 7.39. The van der Waals surface area contributed by atoms with Gasteiger partial charge in [-0.1, -0.05) is 11.6 Å². The van der Waals surface area contributed by atoms with Gasteiger partial charge in [-0.3, -0.25) is 19.1 Å². The number of H-pyrrole nitrogens is 1. The average molecular weight is 340 g/mol. The Morgan fingerprint density at radius 2 is 1.95 bits per heavy atom. The fraction of sp³-hybridized carbons (Fsp3) is 0.214. The largest absolute Gasteiger partial charge is 0.354 e. The fourth-order valence-electron chi connectivity index (χ4n) is 1.67. The van der Waals surface area contributed by atoms with Gasteiger partial charge in [-0.2, -0.15) is 0 Å². The number of aromatic amines is 1. The lowest BCUT2D eigenvalue weighted by atomic mass is 10.4. The summed E-state index contributed by atoms with van der Waals surface area (Å²) in [4.78, 5) is 37.2. The molecule has 22 heavy (non-hydrogen) atoms. The summed E-state index contributed by atoms with van der Waals surface area (Å²) in [5.74, 6) is 0.416. The van der Waals surface area contributed by atoms with Crippen molar-refractivity contribution in [3.63, 3.8) is 0 Å². The third-order valence-corrected chi connectivity index (χ3v) is 3.98. The van der Waals surface area contributed by atoms with Gasteiger partial charge in [0.1, 0.15) is 6.54 Å². The first-order chi connectivity index (χ1) is 10.5. The van der Waals surface area contributed by atoms with Crippen molar-refractivity contribution < 1.29 is 4.79 Å². The number of hydrogen-bond acceptors (Lipinski definition) is 4. The van der Waals surface area contributed by atoms with Crippen LogP contribution in [0.25, 0.3) is 0 Å². The van der Waals surface area contributed by atoms with Crippen LogP contribution in [0.4, 0.5) is 0 Å². The monoisotopic (exact) mass is 339 g/mol. The van der Waals surface area contributed by atoms with Crippen LogP contribution in [0.2, 0.25) is 5.02 Å². The van der Waals surface area contributed by atoms with Crippen LogP contribution in [0.3, 0.4) is 0 Å². The molecule has 0 atom stereocenters. The molecular formula is C14H14ClN3O3S. The first-order valence-corrected chi connectivity index (χ1v) is 7.86. The molecule has 1 heterocycles. The molecular weight excluding hydrogens is 326 g/mol. The second-order valence-electron chi connectivity index (χ2n) is 4.39. The van der Waals surface area contributed by atoms with Crippen LogP contribution in [0.1, 0.15) is 0 Å². The molecule has 0 aliphatic heterocycles. The Morgan fingerprint density at radius 1 is 1.23 bits per heavy atom. The first-order valence-electron chi connectivity index (χ1n) is 6.49. The molecule has 0 unspecified atom stereocenters. The molecule has 0 aliphatic rings. The Bertz CT molecular complexity index is 755. The van der Waals surface area contributed by atoms with Crippen LogP contribution >= 0.6 is 23.4 Å². The van der Waals surface area contributed by atoms with Gasteiger partial charge in [0.05, 0.1) is 0 Å². The van der Waals surface area contributed by atoms with Crippen LogP contribution in [0.5, 0.6) is 0 Å². The van der Waals surface area contributed by atoms with Crippen LogP contribution < -0.4 is 16.6 Å². The summed E-state index contributed by atoms with van der Waals surface area (Å²) in [6.07, 6.45) is 1.29. The molecule has 6 nitrogen and oxygen atoms in total. The minimum atomic E-state index is -0.599. The van der Waals surface area contributed by atoms with E-state index in [2.05, 4.69) is 10.3 Å². The Hall–Kier alpha value is -1.99. The third-order valence-electron chi connectivity index (χ3n) is 2.72. The molecule has 0 fully saturated rings. The number of benzene rings is 1. The van der Waals surface area contributed by atoms with Gasteiger partial charge in [0.15, 0.2) is 0 Å². The van der Waals surface area contributed by atoms with Crippen molar-refractivity contribution in [2.75, 3.05) is 12.3 Å². The highest BCUT2D eigenvalue weighted by Gasteiger charge is 2.04. The summed E-state index contributed by atoms with van der Waals surface area (Å²) < 4.78 is 1.14. The van der Waals surface area contributed by atoms with Crippen LogP contribution in [-0.4, -0.2) is 27.8 Å². The summed E-state index contributed by atoms with van der Waals surface area (Å²) in [6.45, 7) is 0.353. The fourth-order valence-corrected chi connectivity index (χ4v) is 2.56. The lowest BCUT2D eigenvalue weighted by Crippen LogP contribution is -2.36. The van der Waals surface area contributed by atoms with Crippen molar-refractivity contribution in [1.82, 2.24) is 14.9 Å². The molecule has 1 amide bonds. The summed E-state index contributed by atoms with van der Waals surface area (Å²) in [5.41, 5.74) is -1.08. The predicted molar refractivity (Wildman–Crippen MR) is 86.5 cm³/mol. The zero-order chi connectivity index (χ0) is 15.9. The maximum atomic E-state index is 11.7. The van der Waals surface area contributed by atoms with E-state index >= 15 is 0 Å². The smallest absolute Gasteiger partial charge is 0.328 e. The Morgan fingerprint density at radius 3 is 2.64 bits per heavy atom. The minimum absolute atomic E-state index is 0.124. The number of halogens is 1. The van der Waals surface area contributed by atoms with E-state index in [0.29, 0.717) is 17.3 Å². The number of carbonyl (C=O) groups excluding carboxylic acids is 1. The molecule has 116 valence electrons. The molecule has 2 aromatic rings. The Labute approximate surface area is 135 Å². The van der Waals surface area contributed by atoms with E-state index in [0.717, 1.165) is 9.46 Å². The van der Waals surface area contributed by atoms with Crippen molar-refractivity contribution in [2.45, 2.75) is 11.4 Å². The zero-order valence-corrected chi connectivity index (χ0v) is 13.1. The molecule has 1 aromatic carbocycles. The van der Waals surface area contributed by atoms with E-state index in [4.69, 9.17) is 11.6 Å². The van der Waals surface area contributed by atoms with Crippen LogP contribution in [0, 0.1) is 0 Å². The number of thioether (sulfide) groups is 1. The number of rotatable bonds is 6. The van der Waals surface area contributed by atoms with Gasteiger partial charge < -0.3 is 5.32 Å². The van der Waals surface area contributed by atoms with Crippen molar-refractivity contribution in [3.8, 4) is 0 Å². The van der Waals surface area contributed by atoms with Gasteiger partial charge in [0.25, 0.3) is 5.56 Å². The van der Waals surface area contributed by atoms with Gasteiger partial charge in [0, 0.05) is 34.5 Å². The van der Waals surface area contributed by atoms with Gasteiger partial charge in [-0.15, -0.1) is 11.8 Å². The van der Waals surface area contributed by atoms with E-state index in [1.54, 1.807) is 11.8 Å². The normalized spacial score (nSPS) is 10.4. The Kier molecular flexibility index (Phi) is 5.85. The molecule has 0 saturated carbocycles. The standard InChI is InChI=1S/C14H14ClN3O3S/c15-10-1-3-11(4-2-10)22-8-6-16-13(20)9-18-7-5-12(19)17-14(18)21/h1-5,7H,6,8-9H2,(H,16,20)(H,17,19,21). The summed E-state index contributed by atoms with van der Waals surface area (Å²) in [7, 11) is 0. The van der Waals surface area contributed by atoms with Crippen LogP contribution in [-0.2, 0) is 11.3 Å². The van der Waals surface area contributed by atoms with Crippen molar-refractivity contribution in [1.29, 1.82) is 0 Å². The molecule has 0 radical (unpaired) electrons. The van der Waals surface area contributed by atoms with E-state index in [9.17, 15) is 14.4 Å².